The predicted molar refractivity (Wildman–Crippen MR) is 61.7 cm³/mol. The lowest BCUT2D eigenvalue weighted by molar-refractivity contribution is 1.10. The van der Waals surface area contributed by atoms with E-state index in [-0.39, 0.29) is 12.4 Å². The van der Waals surface area contributed by atoms with Crippen molar-refractivity contribution in [2.24, 2.45) is 0 Å². The summed E-state index contributed by atoms with van der Waals surface area (Å²) in [7, 11) is 0. The SMILES string of the molecule is Cc1ccccc1-c1nnc(N)s1.Cl. The first-order chi connectivity index (χ1) is 6.27. The maximum Gasteiger partial charge on any atom is 0.203 e. The van der Waals surface area contributed by atoms with Crippen LogP contribution in [0.1, 0.15) is 5.56 Å². The Hall–Kier alpha value is -1.13. The minimum Gasteiger partial charge on any atom is -0.374 e. The first-order valence-electron chi connectivity index (χ1n) is 3.92. The standard InChI is InChI=1S/C9H9N3S.ClH/c1-6-4-2-3-5-7(6)8-11-12-9(10)13-8;/h2-5H,1H3,(H2,10,12);1H. The molecule has 0 saturated carbocycles. The van der Waals surface area contributed by atoms with Gasteiger partial charge in [0.25, 0.3) is 0 Å². The number of anilines is 1. The van der Waals surface area contributed by atoms with Crippen molar-refractivity contribution < 1.29 is 0 Å². The third kappa shape index (κ3) is 2.02. The average Bonchev–Trinajstić information content (AvgIpc) is 2.53. The predicted octanol–water partition coefficient (Wildman–Crippen LogP) is 2.52. The molecule has 5 heteroatoms. The van der Waals surface area contributed by atoms with Gasteiger partial charge in [-0.1, -0.05) is 35.6 Å². The third-order valence-electron chi connectivity index (χ3n) is 1.82. The van der Waals surface area contributed by atoms with Crippen LogP contribution in [0.15, 0.2) is 24.3 Å². The molecule has 1 aromatic carbocycles. The van der Waals surface area contributed by atoms with Crippen LogP contribution in [-0.2, 0) is 0 Å². The fraction of sp³-hybridized carbons (Fsp3) is 0.111. The number of nitrogens with two attached hydrogens (primary N) is 1. The fourth-order valence-corrected chi connectivity index (χ4v) is 1.86. The highest BCUT2D eigenvalue weighted by Crippen LogP contribution is 2.26. The van der Waals surface area contributed by atoms with E-state index in [1.807, 2.05) is 31.2 Å². The van der Waals surface area contributed by atoms with Gasteiger partial charge in [0.05, 0.1) is 0 Å². The molecule has 0 saturated heterocycles. The van der Waals surface area contributed by atoms with Gasteiger partial charge in [0.1, 0.15) is 5.01 Å². The molecular formula is C9H10ClN3S. The number of benzene rings is 1. The van der Waals surface area contributed by atoms with E-state index < -0.39 is 0 Å². The van der Waals surface area contributed by atoms with Gasteiger partial charge < -0.3 is 5.73 Å². The van der Waals surface area contributed by atoms with E-state index in [4.69, 9.17) is 5.73 Å². The zero-order chi connectivity index (χ0) is 9.26. The highest BCUT2D eigenvalue weighted by molar-refractivity contribution is 7.18. The Bertz CT molecular complexity index is 428. The lowest BCUT2D eigenvalue weighted by atomic mass is 10.1. The van der Waals surface area contributed by atoms with Gasteiger partial charge in [0.2, 0.25) is 5.13 Å². The molecular weight excluding hydrogens is 218 g/mol. The van der Waals surface area contributed by atoms with Crippen LogP contribution in [0.3, 0.4) is 0 Å². The number of hydrogen-bond donors (Lipinski definition) is 1. The summed E-state index contributed by atoms with van der Waals surface area (Å²) in [6, 6.07) is 8.06. The van der Waals surface area contributed by atoms with Crippen LogP contribution in [-0.4, -0.2) is 10.2 Å². The van der Waals surface area contributed by atoms with Gasteiger partial charge in [-0.3, -0.25) is 0 Å². The molecule has 0 unspecified atom stereocenters. The molecule has 0 fully saturated rings. The molecule has 0 aliphatic heterocycles. The van der Waals surface area contributed by atoms with Crippen molar-refractivity contribution >= 4 is 28.9 Å². The summed E-state index contributed by atoms with van der Waals surface area (Å²) in [5.41, 5.74) is 7.81. The molecule has 0 atom stereocenters. The van der Waals surface area contributed by atoms with Crippen molar-refractivity contribution in [3.05, 3.63) is 29.8 Å². The Balaban J connectivity index is 0.000000980. The summed E-state index contributed by atoms with van der Waals surface area (Å²) in [6.07, 6.45) is 0. The Morgan fingerprint density at radius 2 is 1.93 bits per heavy atom. The largest absolute Gasteiger partial charge is 0.374 e. The third-order valence-corrected chi connectivity index (χ3v) is 2.60. The van der Waals surface area contributed by atoms with Gasteiger partial charge in [0.15, 0.2) is 0 Å². The van der Waals surface area contributed by atoms with E-state index in [2.05, 4.69) is 10.2 Å². The zero-order valence-corrected chi connectivity index (χ0v) is 9.23. The van der Waals surface area contributed by atoms with Gasteiger partial charge in [-0.05, 0) is 12.5 Å². The molecule has 2 rings (SSSR count). The number of aryl methyl sites for hydroxylation is 1. The normalized spacial score (nSPS) is 9.50. The molecule has 0 amide bonds. The van der Waals surface area contributed by atoms with Crippen molar-refractivity contribution in [1.82, 2.24) is 10.2 Å². The second-order valence-electron chi connectivity index (χ2n) is 2.76. The second kappa shape index (κ2) is 4.39. The van der Waals surface area contributed by atoms with E-state index in [0.717, 1.165) is 10.6 Å². The Morgan fingerprint density at radius 1 is 1.21 bits per heavy atom. The second-order valence-corrected chi connectivity index (χ2v) is 3.77. The smallest absolute Gasteiger partial charge is 0.203 e. The Morgan fingerprint density at radius 3 is 2.50 bits per heavy atom. The van der Waals surface area contributed by atoms with E-state index in [1.165, 1.54) is 16.9 Å². The highest BCUT2D eigenvalue weighted by Gasteiger charge is 2.05. The van der Waals surface area contributed by atoms with Crippen LogP contribution in [0.25, 0.3) is 10.6 Å². The van der Waals surface area contributed by atoms with Crippen molar-refractivity contribution in [1.29, 1.82) is 0 Å². The maximum atomic E-state index is 5.51. The molecule has 0 bridgehead atoms. The number of nitrogens with zero attached hydrogens (tertiary/aromatic N) is 2. The minimum absolute atomic E-state index is 0. The summed E-state index contributed by atoms with van der Waals surface area (Å²) < 4.78 is 0. The van der Waals surface area contributed by atoms with Crippen molar-refractivity contribution in [2.75, 3.05) is 5.73 Å². The zero-order valence-electron chi connectivity index (χ0n) is 7.60. The first kappa shape index (κ1) is 10.9. The topological polar surface area (TPSA) is 51.8 Å². The van der Waals surface area contributed by atoms with E-state index in [9.17, 15) is 0 Å². The monoisotopic (exact) mass is 227 g/mol. The Labute approximate surface area is 92.4 Å². The summed E-state index contributed by atoms with van der Waals surface area (Å²) >= 11 is 1.41. The van der Waals surface area contributed by atoms with Crippen LogP contribution >= 0.6 is 23.7 Å². The van der Waals surface area contributed by atoms with Gasteiger partial charge >= 0.3 is 0 Å². The highest BCUT2D eigenvalue weighted by atomic mass is 35.5. The number of aromatic nitrogens is 2. The summed E-state index contributed by atoms with van der Waals surface area (Å²) in [5, 5.41) is 9.17. The molecule has 0 aliphatic rings. The lowest BCUT2D eigenvalue weighted by Gasteiger charge is -1.98. The van der Waals surface area contributed by atoms with Crippen LogP contribution in [0.2, 0.25) is 0 Å². The van der Waals surface area contributed by atoms with Gasteiger partial charge in [-0.25, -0.2) is 0 Å². The van der Waals surface area contributed by atoms with Crippen LogP contribution < -0.4 is 5.73 Å². The summed E-state index contributed by atoms with van der Waals surface area (Å²) in [4.78, 5) is 0. The maximum absolute atomic E-state index is 5.51. The molecule has 2 N–H and O–H groups in total. The molecule has 1 aromatic heterocycles. The number of halogens is 1. The number of hydrogen-bond acceptors (Lipinski definition) is 4. The molecule has 3 nitrogen and oxygen atoms in total. The number of rotatable bonds is 1. The van der Waals surface area contributed by atoms with Crippen LogP contribution in [0.5, 0.6) is 0 Å². The van der Waals surface area contributed by atoms with Crippen molar-refractivity contribution in [3.63, 3.8) is 0 Å². The Kier molecular flexibility index (Phi) is 3.43. The molecule has 14 heavy (non-hydrogen) atoms. The van der Waals surface area contributed by atoms with Gasteiger partial charge in [-0.2, -0.15) is 0 Å². The lowest BCUT2D eigenvalue weighted by Crippen LogP contribution is -1.81. The quantitative estimate of drug-likeness (QED) is 0.815. The fourth-order valence-electron chi connectivity index (χ4n) is 1.16. The van der Waals surface area contributed by atoms with E-state index in [1.54, 1.807) is 0 Å². The molecule has 74 valence electrons. The average molecular weight is 228 g/mol. The van der Waals surface area contributed by atoms with Crippen molar-refractivity contribution in [2.45, 2.75) is 6.92 Å². The van der Waals surface area contributed by atoms with Gasteiger partial charge in [0, 0.05) is 5.56 Å². The molecule has 0 spiro atoms. The van der Waals surface area contributed by atoms with Crippen LogP contribution in [0.4, 0.5) is 5.13 Å². The van der Waals surface area contributed by atoms with E-state index >= 15 is 0 Å². The minimum atomic E-state index is 0. The molecule has 0 aliphatic carbocycles. The summed E-state index contributed by atoms with van der Waals surface area (Å²) in [5.74, 6) is 0. The summed E-state index contributed by atoms with van der Waals surface area (Å²) in [6.45, 7) is 2.05. The first-order valence-corrected chi connectivity index (χ1v) is 4.74. The van der Waals surface area contributed by atoms with E-state index in [0.29, 0.717) is 5.13 Å². The van der Waals surface area contributed by atoms with Crippen LogP contribution in [0, 0.1) is 6.92 Å². The molecule has 1 heterocycles. The molecule has 0 radical (unpaired) electrons. The molecule has 2 aromatic rings. The van der Waals surface area contributed by atoms with Crippen molar-refractivity contribution in [3.8, 4) is 10.6 Å². The van der Waals surface area contributed by atoms with Gasteiger partial charge in [-0.15, -0.1) is 22.6 Å². The number of nitrogen functional groups attached to an aromatic ring is 1.